The second-order valence-corrected chi connectivity index (χ2v) is 9.07. The van der Waals surface area contributed by atoms with Crippen LogP contribution < -0.4 is 21.1 Å². The van der Waals surface area contributed by atoms with Crippen molar-refractivity contribution in [2.75, 3.05) is 12.8 Å². The summed E-state index contributed by atoms with van der Waals surface area (Å²) in [5.41, 5.74) is 7.12. The van der Waals surface area contributed by atoms with Crippen molar-refractivity contribution < 1.29 is 9.53 Å². The molecule has 0 unspecified atom stereocenters. The minimum absolute atomic E-state index is 0.226. The van der Waals surface area contributed by atoms with E-state index in [9.17, 15) is 4.79 Å². The lowest BCUT2D eigenvalue weighted by Gasteiger charge is -2.25. The summed E-state index contributed by atoms with van der Waals surface area (Å²) in [6.45, 7) is 0.599. The number of ether oxygens (including phenoxy) is 1. The predicted octanol–water partition coefficient (Wildman–Crippen LogP) is 4.31. The number of nitrogen functional groups attached to an aromatic ring is 1. The van der Waals surface area contributed by atoms with Gasteiger partial charge >= 0.3 is 0 Å². The van der Waals surface area contributed by atoms with E-state index in [0.29, 0.717) is 22.4 Å². The van der Waals surface area contributed by atoms with Gasteiger partial charge in [-0.25, -0.2) is 4.98 Å². The number of benzene rings is 1. The molecular formula is C22H30N4O2S2. The number of nitrogens with one attached hydrogen (secondary N) is 2. The third-order valence-corrected chi connectivity index (χ3v) is 6.69. The number of methoxy groups -OCH3 is 1. The van der Waals surface area contributed by atoms with Gasteiger partial charge in [-0.1, -0.05) is 56.5 Å². The number of hydrogen-bond acceptors (Lipinski definition) is 6. The number of hydrogen-bond donors (Lipinski definition) is 3. The number of nitrogens with zero attached hydrogens (tertiary/aromatic N) is 1. The maximum absolute atomic E-state index is 12.6. The van der Waals surface area contributed by atoms with Crippen LogP contribution in [0.4, 0.5) is 5.13 Å². The fourth-order valence-corrected chi connectivity index (χ4v) is 4.62. The highest BCUT2D eigenvalue weighted by Crippen LogP contribution is 2.28. The molecule has 1 saturated carbocycles. The van der Waals surface area contributed by atoms with Crippen molar-refractivity contribution in [3.8, 4) is 5.75 Å². The minimum Gasteiger partial charge on any atom is -0.497 e. The monoisotopic (exact) mass is 446 g/mol. The molecule has 8 heteroatoms. The van der Waals surface area contributed by atoms with Crippen LogP contribution in [0.3, 0.4) is 0 Å². The Morgan fingerprint density at radius 1 is 1.30 bits per heavy atom. The average Bonchev–Trinajstić information content (AvgIpc) is 3.22. The van der Waals surface area contributed by atoms with Gasteiger partial charge in [-0.05, 0) is 36.5 Å². The summed E-state index contributed by atoms with van der Waals surface area (Å²) in [4.78, 5) is 17.4. The van der Waals surface area contributed by atoms with Crippen molar-refractivity contribution in [1.82, 2.24) is 15.6 Å². The SMILES string of the molecule is COc1ccc(CNC(=S)[C@@H](CCC2CCCCC2)NC(=O)c2csc(N)n2)cc1. The molecule has 1 aromatic carbocycles. The molecular weight excluding hydrogens is 416 g/mol. The van der Waals surface area contributed by atoms with Crippen molar-refractivity contribution in [2.45, 2.75) is 57.5 Å². The lowest BCUT2D eigenvalue weighted by molar-refractivity contribution is 0.0939. The average molecular weight is 447 g/mol. The first kappa shape index (κ1) is 22.5. The molecule has 4 N–H and O–H groups in total. The van der Waals surface area contributed by atoms with Crippen LogP contribution in [-0.4, -0.2) is 29.0 Å². The first-order valence-electron chi connectivity index (χ1n) is 10.5. The van der Waals surface area contributed by atoms with E-state index in [-0.39, 0.29) is 11.9 Å². The van der Waals surface area contributed by atoms with E-state index in [1.165, 1.54) is 43.4 Å². The number of carbonyl (C=O) groups is 1. The van der Waals surface area contributed by atoms with Crippen molar-refractivity contribution in [1.29, 1.82) is 0 Å². The zero-order valence-electron chi connectivity index (χ0n) is 17.4. The highest BCUT2D eigenvalue weighted by atomic mass is 32.1. The lowest BCUT2D eigenvalue weighted by atomic mass is 9.85. The predicted molar refractivity (Wildman–Crippen MR) is 126 cm³/mol. The van der Waals surface area contributed by atoms with Crippen LogP contribution in [0, 0.1) is 5.92 Å². The molecule has 162 valence electrons. The summed E-state index contributed by atoms with van der Waals surface area (Å²) < 4.78 is 5.20. The molecule has 0 spiro atoms. The summed E-state index contributed by atoms with van der Waals surface area (Å²) in [6, 6.07) is 7.63. The summed E-state index contributed by atoms with van der Waals surface area (Å²) in [6.07, 6.45) is 8.38. The van der Waals surface area contributed by atoms with Crippen LogP contribution >= 0.6 is 23.6 Å². The number of carbonyl (C=O) groups excluding carboxylic acids is 1. The third kappa shape index (κ3) is 6.67. The van der Waals surface area contributed by atoms with Gasteiger partial charge in [0, 0.05) is 11.9 Å². The molecule has 30 heavy (non-hydrogen) atoms. The van der Waals surface area contributed by atoms with Crippen LogP contribution in [0.1, 0.15) is 61.0 Å². The Morgan fingerprint density at radius 3 is 2.67 bits per heavy atom. The molecule has 1 atom stereocenters. The molecule has 6 nitrogen and oxygen atoms in total. The Balaban J connectivity index is 1.60. The molecule has 0 radical (unpaired) electrons. The zero-order valence-corrected chi connectivity index (χ0v) is 19.0. The molecule has 1 aromatic heterocycles. The maximum Gasteiger partial charge on any atom is 0.271 e. The fraction of sp³-hybridized carbons (Fsp3) is 0.500. The quantitative estimate of drug-likeness (QED) is 0.498. The van der Waals surface area contributed by atoms with Crippen molar-refractivity contribution in [3.63, 3.8) is 0 Å². The van der Waals surface area contributed by atoms with E-state index in [0.717, 1.165) is 30.1 Å². The van der Waals surface area contributed by atoms with Gasteiger partial charge < -0.3 is 21.1 Å². The number of amides is 1. The summed E-state index contributed by atoms with van der Waals surface area (Å²) in [5, 5.41) is 8.45. The van der Waals surface area contributed by atoms with Crippen molar-refractivity contribution >= 4 is 39.6 Å². The number of anilines is 1. The van der Waals surface area contributed by atoms with Crippen LogP contribution in [0.2, 0.25) is 0 Å². The van der Waals surface area contributed by atoms with Gasteiger partial charge in [0.25, 0.3) is 5.91 Å². The maximum atomic E-state index is 12.6. The van der Waals surface area contributed by atoms with E-state index < -0.39 is 0 Å². The van der Waals surface area contributed by atoms with E-state index >= 15 is 0 Å². The van der Waals surface area contributed by atoms with E-state index in [1.54, 1.807) is 12.5 Å². The molecule has 1 aliphatic carbocycles. The Hall–Kier alpha value is -2.19. The molecule has 0 saturated heterocycles. The van der Waals surface area contributed by atoms with E-state index in [2.05, 4.69) is 15.6 Å². The summed E-state index contributed by atoms with van der Waals surface area (Å²) in [5.74, 6) is 1.31. The second kappa shape index (κ2) is 11.3. The highest BCUT2D eigenvalue weighted by Gasteiger charge is 2.22. The number of nitrogens with two attached hydrogens (primary N) is 1. The Labute approximate surface area is 187 Å². The minimum atomic E-state index is -0.231. The molecule has 1 amide bonds. The smallest absolute Gasteiger partial charge is 0.271 e. The van der Waals surface area contributed by atoms with Crippen LogP contribution in [0.15, 0.2) is 29.6 Å². The Morgan fingerprint density at radius 2 is 2.03 bits per heavy atom. The standard InChI is InChI=1S/C22H30N4O2S2/c1-28-17-10-7-16(8-11-17)13-24-21(29)18(12-9-15-5-3-2-4-6-15)25-20(27)19-14-30-22(23)26-19/h7-8,10-11,14-15,18H,2-6,9,12-13H2,1H3,(H2,23,26)(H,24,29)(H,25,27)/t18-/m1/s1. The third-order valence-electron chi connectivity index (χ3n) is 5.59. The van der Waals surface area contributed by atoms with Crippen molar-refractivity contribution in [3.05, 3.63) is 40.9 Å². The van der Waals surface area contributed by atoms with Gasteiger partial charge in [0.05, 0.1) is 18.1 Å². The number of aromatic nitrogens is 1. The highest BCUT2D eigenvalue weighted by molar-refractivity contribution is 7.80. The van der Waals surface area contributed by atoms with Crippen LogP contribution in [0.5, 0.6) is 5.75 Å². The van der Waals surface area contributed by atoms with Gasteiger partial charge in [0.15, 0.2) is 5.13 Å². The second-order valence-electron chi connectivity index (χ2n) is 7.74. The largest absolute Gasteiger partial charge is 0.497 e. The summed E-state index contributed by atoms with van der Waals surface area (Å²) in [7, 11) is 1.65. The Kier molecular flexibility index (Phi) is 8.45. The molecule has 1 heterocycles. The summed E-state index contributed by atoms with van der Waals surface area (Å²) >= 11 is 6.93. The van der Waals surface area contributed by atoms with Crippen molar-refractivity contribution in [2.24, 2.45) is 5.92 Å². The normalized spacial score (nSPS) is 15.4. The first-order valence-corrected chi connectivity index (χ1v) is 11.8. The molecule has 1 aliphatic rings. The molecule has 1 fully saturated rings. The lowest BCUT2D eigenvalue weighted by Crippen LogP contribution is -2.45. The topological polar surface area (TPSA) is 89.3 Å². The van der Waals surface area contributed by atoms with Crippen LogP contribution in [0.25, 0.3) is 0 Å². The fourth-order valence-electron chi connectivity index (χ4n) is 3.83. The van der Waals surface area contributed by atoms with Gasteiger partial charge in [0.2, 0.25) is 0 Å². The molecule has 3 rings (SSSR count). The molecule has 0 aliphatic heterocycles. The van der Waals surface area contributed by atoms with Gasteiger partial charge in [0.1, 0.15) is 11.4 Å². The van der Waals surface area contributed by atoms with Gasteiger partial charge in [-0.2, -0.15) is 0 Å². The van der Waals surface area contributed by atoms with E-state index in [4.69, 9.17) is 22.7 Å². The number of thiazole rings is 1. The number of thiocarbonyl (C=S) groups is 1. The first-order chi connectivity index (χ1) is 14.5. The van der Waals surface area contributed by atoms with Gasteiger partial charge in [-0.15, -0.1) is 11.3 Å². The zero-order chi connectivity index (χ0) is 21.3. The molecule has 0 bridgehead atoms. The van der Waals surface area contributed by atoms with Gasteiger partial charge in [-0.3, -0.25) is 4.79 Å². The van der Waals surface area contributed by atoms with Crippen LogP contribution in [-0.2, 0) is 6.54 Å². The van der Waals surface area contributed by atoms with E-state index in [1.807, 2.05) is 24.3 Å². The Bertz CT molecular complexity index is 832. The number of rotatable bonds is 9. The molecule has 2 aromatic rings.